The van der Waals surface area contributed by atoms with E-state index in [2.05, 4.69) is 15.5 Å². The molecule has 1 amide bonds. The maximum atomic E-state index is 12.0. The molecule has 3 aromatic rings. The van der Waals surface area contributed by atoms with Crippen LogP contribution in [0.2, 0.25) is 10.0 Å². The van der Waals surface area contributed by atoms with E-state index in [0.717, 1.165) is 5.56 Å². The Morgan fingerprint density at radius 3 is 2.54 bits per heavy atom. The van der Waals surface area contributed by atoms with Gasteiger partial charge in [0.15, 0.2) is 6.61 Å². The third kappa shape index (κ3) is 4.53. The first-order valence-electron chi connectivity index (χ1n) is 7.85. The number of aryl methyl sites for hydroxylation is 1. The zero-order valence-electron chi connectivity index (χ0n) is 13.8. The molecule has 0 saturated heterocycles. The molecule has 1 aromatic heterocycles. The molecule has 0 unspecified atom stereocenters. The summed E-state index contributed by atoms with van der Waals surface area (Å²) in [7, 11) is 0. The number of hydrogen-bond donors (Lipinski definition) is 1. The Morgan fingerprint density at radius 2 is 1.88 bits per heavy atom. The van der Waals surface area contributed by atoms with E-state index in [-0.39, 0.29) is 12.5 Å². The molecule has 0 saturated carbocycles. The number of rotatable bonds is 6. The van der Waals surface area contributed by atoms with Crippen molar-refractivity contribution in [3.8, 4) is 17.2 Å². The van der Waals surface area contributed by atoms with Gasteiger partial charge in [0.2, 0.25) is 11.8 Å². The fourth-order valence-electron chi connectivity index (χ4n) is 2.13. The number of ether oxygens (including phenoxy) is 1. The molecule has 0 spiro atoms. The number of amides is 1. The van der Waals surface area contributed by atoms with Gasteiger partial charge in [0.1, 0.15) is 5.75 Å². The first-order valence-corrected chi connectivity index (χ1v) is 8.61. The molecule has 0 bridgehead atoms. The van der Waals surface area contributed by atoms with Crippen LogP contribution < -0.4 is 10.1 Å². The number of aromatic nitrogens is 2. The number of nitrogens with zero attached hydrogens (tertiary/aromatic N) is 2. The minimum atomic E-state index is -0.308. The fourth-order valence-corrected chi connectivity index (χ4v) is 2.42. The van der Waals surface area contributed by atoms with E-state index < -0.39 is 0 Å². The molecule has 0 aliphatic heterocycles. The maximum absolute atomic E-state index is 12.0. The van der Waals surface area contributed by atoms with E-state index in [1.165, 1.54) is 0 Å². The molecule has 0 atom stereocenters. The summed E-state index contributed by atoms with van der Waals surface area (Å²) >= 11 is 11.8. The Kier molecular flexibility index (Phi) is 5.75. The molecule has 8 heteroatoms. The highest BCUT2D eigenvalue weighted by atomic mass is 35.5. The molecular weight excluding hydrogens is 377 g/mol. The average molecular weight is 392 g/mol. The van der Waals surface area contributed by atoms with Crippen molar-refractivity contribution in [2.75, 3.05) is 11.9 Å². The first-order chi connectivity index (χ1) is 12.5. The second-order valence-corrected chi connectivity index (χ2v) is 6.16. The van der Waals surface area contributed by atoms with Gasteiger partial charge in [0, 0.05) is 17.7 Å². The molecule has 2 aromatic carbocycles. The minimum absolute atomic E-state index is 0.139. The van der Waals surface area contributed by atoms with Gasteiger partial charge in [-0.15, -0.1) is 10.2 Å². The van der Waals surface area contributed by atoms with Crippen LogP contribution in [0.15, 0.2) is 46.9 Å². The number of halogens is 2. The summed E-state index contributed by atoms with van der Waals surface area (Å²) in [6.07, 6.45) is 0.683. The number of carbonyl (C=O) groups is 1. The van der Waals surface area contributed by atoms with Gasteiger partial charge in [-0.2, -0.15) is 0 Å². The molecular formula is C18H15Cl2N3O3. The Hall–Kier alpha value is -2.57. The fraction of sp³-hybridized carbons (Fsp3) is 0.167. The van der Waals surface area contributed by atoms with Crippen LogP contribution >= 0.6 is 23.2 Å². The SMILES string of the molecule is CCc1nnc(-c2ccc(OCC(=O)Nc3ccc(Cl)c(Cl)c3)cc2)o1. The molecule has 26 heavy (non-hydrogen) atoms. The standard InChI is InChI=1S/C18H15Cl2N3O3/c1-2-17-22-23-18(26-17)11-3-6-13(7-4-11)25-10-16(24)21-12-5-8-14(19)15(20)9-12/h3-9H,2,10H2,1H3,(H,21,24). The van der Waals surface area contributed by atoms with Crippen LogP contribution in [0, 0.1) is 0 Å². The number of nitrogens with one attached hydrogen (secondary N) is 1. The van der Waals surface area contributed by atoms with Crippen LogP contribution in [0.5, 0.6) is 5.75 Å². The zero-order valence-corrected chi connectivity index (χ0v) is 15.3. The van der Waals surface area contributed by atoms with E-state index in [1.807, 2.05) is 6.92 Å². The predicted octanol–water partition coefficient (Wildman–Crippen LogP) is 4.62. The van der Waals surface area contributed by atoms with Crippen LogP contribution in [-0.4, -0.2) is 22.7 Å². The highest BCUT2D eigenvalue weighted by Crippen LogP contribution is 2.25. The van der Waals surface area contributed by atoms with Gasteiger partial charge < -0.3 is 14.5 Å². The normalized spacial score (nSPS) is 10.6. The van der Waals surface area contributed by atoms with Crippen molar-refractivity contribution >= 4 is 34.8 Å². The third-order valence-electron chi connectivity index (χ3n) is 3.44. The lowest BCUT2D eigenvalue weighted by Crippen LogP contribution is -2.20. The highest BCUT2D eigenvalue weighted by molar-refractivity contribution is 6.42. The van der Waals surface area contributed by atoms with Crippen molar-refractivity contribution in [3.05, 3.63) is 58.4 Å². The molecule has 1 N–H and O–H groups in total. The lowest BCUT2D eigenvalue weighted by Gasteiger charge is -2.08. The number of hydrogen-bond acceptors (Lipinski definition) is 5. The van der Waals surface area contributed by atoms with Crippen LogP contribution in [-0.2, 0) is 11.2 Å². The first kappa shape index (κ1) is 18.2. The second-order valence-electron chi connectivity index (χ2n) is 5.34. The largest absolute Gasteiger partial charge is 0.484 e. The number of anilines is 1. The third-order valence-corrected chi connectivity index (χ3v) is 4.18. The second kappa shape index (κ2) is 8.21. The Labute approximate surface area is 160 Å². The van der Waals surface area contributed by atoms with Gasteiger partial charge in [-0.25, -0.2) is 0 Å². The maximum Gasteiger partial charge on any atom is 0.262 e. The summed E-state index contributed by atoms with van der Waals surface area (Å²) in [6, 6.07) is 11.9. The Bertz CT molecular complexity index is 910. The summed E-state index contributed by atoms with van der Waals surface area (Å²) in [4.78, 5) is 12.0. The molecule has 0 fully saturated rings. The van der Waals surface area contributed by atoms with E-state index in [9.17, 15) is 4.79 Å². The summed E-state index contributed by atoms with van der Waals surface area (Å²) in [5.74, 6) is 1.27. The molecule has 3 rings (SSSR count). The molecule has 0 aliphatic rings. The smallest absolute Gasteiger partial charge is 0.262 e. The summed E-state index contributed by atoms with van der Waals surface area (Å²) in [6.45, 7) is 1.80. The summed E-state index contributed by atoms with van der Waals surface area (Å²) in [5.41, 5.74) is 1.33. The minimum Gasteiger partial charge on any atom is -0.484 e. The van der Waals surface area contributed by atoms with Gasteiger partial charge in [0.25, 0.3) is 5.91 Å². The van der Waals surface area contributed by atoms with Crippen molar-refractivity contribution in [2.45, 2.75) is 13.3 Å². The lowest BCUT2D eigenvalue weighted by atomic mass is 10.2. The lowest BCUT2D eigenvalue weighted by molar-refractivity contribution is -0.118. The number of benzene rings is 2. The van der Waals surface area contributed by atoms with Crippen molar-refractivity contribution in [1.82, 2.24) is 10.2 Å². The molecule has 0 aliphatic carbocycles. The van der Waals surface area contributed by atoms with E-state index in [0.29, 0.717) is 39.7 Å². The van der Waals surface area contributed by atoms with Gasteiger partial charge in [-0.3, -0.25) is 4.79 Å². The highest BCUT2D eigenvalue weighted by Gasteiger charge is 2.09. The van der Waals surface area contributed by atoms with E-state index in [4.69, 9.17) is 32.4 Å². The van der Waals surface area contributed by atoms with Crippen molar-refractivity contribution in [3.63, 3.8) is 0 Å². The Morgan fingerprint density at radius 1 is 1.12 bits per heavy atom. The number of carbonyl (C=O) groups excluding carboxylic acids is 1. The van der Waals surface area contributed by atoms with E-state index >= 15 is 0 Å². The molecule has 0 radical (unpaired) electrons. The van der Waals surface area contributed by atoms with Crippen LogP contribution in [0.3, 0.4) is 0 Å². The molecule has 134 valence electrons. The van der Waals surface area contributed by atoms with Crippen LogP contribution in [0.25, 0.3) is 11.5 Å². The Balaban J connectivity index is 1.55. The monoisotopic (exact) mass is 391 g/mol. The van der Waals surface area contributed by atoms with Crippen LogP contribution in [0.1, 0.15) is 12.8 Å². The van der Waals surface area contributed by atoms with Gasteiger partial charge in [0.05, 0.1) is 10.0 Å². The van der Waals surface area contributed by atoms with Crippen molar-refractivity contribution in [2.24, 2.45) is 0 Å². The summed E-state index contributed by atoms with van der Waals surface area (Å²) < 4.78 is 11.0. The van der Waals surface area contributed by atoms with Crippen molar-refractivity contribution < 1.29 is 13.9 Å². The quantitative estimate of drug-likeness (QED) is 0.662. The topological polar surface area (TPSA) is 77.2 Å². The van der Waals surface area contributed by atoms with Gasteiger partial charge in [-0.05, 0) is 42.5 Å². The van der Waals surface area contributed by atoms with Gasteiger partial charge in [-0.1, -0.05) is 30.1 Å². The zero-order chi connectivity index (χ0) is 18.5. The predicted molar refractivity (Wildman–Crippen MR) is 99.7 cm³/mol. The summed E-state index contributed by atoms with van der Waals surface area (Å²) in [5, 5.41) is 11.4. The van der Waals surface area contributed by atoms with E-state index in [1.54, 1.807) is 42.5 Å². The average Bonchev–Trinajstić information content (AvgIpc) is 3.13. The van der Waals surface area contributed by atoms with Crippen molar-refractivity contribution in [1.29, 1.82) is 0 Å². The van der Waals surface area contributed by atoms with Gasteiger partial charge >= 0.3 is 0 Å². The molecule has 1 heterocycles. The van der Waals surface area contributed by atoms with Crippen LogP contribution in [0.4, 0.5) is 5.69 Å². The molecule has 6 nitrogen and oxygen atoms in total.